The van der Waals surface area contributed by atoms with Crippen LogP contribution in [-0.2, 0) is 10.8 Å². The zero-order valence-corrected chi connectivity index (χ0v) is 37.7. The highest BCUT2D eigenvalue weighted by Crippen LogP contribution is 2.85. The van der Waals surface area contributed by atoms with E-state index in [1.165, 1.54) is 44.9 Å². The van der Waals surface area contributed by atoms with Crippen molar-refractivity contribution in [3.8, 4) is 0 Å². The quantitative estimate of drug-likeness (QED) is 0.124. The molecule has 71 heavy (non-hydrogen) atoms. The monoisotopic (exact) mass is 875 g/mol. The second kappa shape index (κ2) is 6.49. The molecule has 0 radical (unpaired) electrons. The summed E-state index contributed by atoms with van der Waals surface area (Å²) in [7, 11) is 0. The highest BCUT2D eigenvalue weighted by molar-refractivity contribution is 6.82. The van der Waals surface area contributed by atoms with E-state index in [1.807, 2.05) is 22.3 Å². The molecule has 1 atom stereocenters. The summed E-state index contributed by atoms with van der Waals surface area (Å²) in [6.07, 6.45) is 9.41. The van der Waals surface area contributed by atoms with Gasteiger partial charge < -0.3 is 5.32 Å². The van der Waals surface area contributed by atoms with Gasteiger partial charge in [0.15, 0.2) is 0 Å². The molecule has 28 aromatic rings. The van der Waals surface area contributed by atoms with Gasteiger partial charge in [-0.15, -0.1) is 0 Å². The lowest BCUT2D eigenvalue weighted by atomic mass is 9.48. The van der Waals surface area contributed by atoms with E-state index < -0.39 is 0 Å². The van der Waals surface area contributed by atoms with Gasteiger partial charge in [-0.05, 0) is 320 Å². The molecule has 1 fully saturated rings. The lowest BCUT2D eigenvalue weighted by Crippen LogP contribution is -2.54. The van der Waals surface area contributed by atoms with Crippen LogP contribution in [0.5, 0.6) is 0 Å². The van der Waals surface area contributed by atoms with Crippen molar-refractivity contribution in [2.75, 3.05) is 6.54 Å². The Hall–Kier alpha value is -7.58. The summed E-state index contributed by atoms with van der Waals surface area (Å²) in [5, 5.41) is 96.7. The van der Waals surface area contributed by atoms with Crippen molar-refractivity contribution in [1.82, 2.24) is 5.32 Å². The molecular weight excluding hydrogens is 855 g/mol. The molecule has 2 spiro atoms. The van der Waals surface area contributed by atoms with Crippen molar-refractivity contribution in [2.24, 2.45) is 0 Å². The summed E-state index contributed by atoms with van der Waals surface area (Å²) in [5.74, 6) is 0. The van der Waals surface area contributed by atoms with E-state index in [4.69, 9.17) is 5.32 Å². The van der Waals surface area contributed by atoms with Gasteiger partial charge >= 0.3 is 0 Å². The Morgan fingerprint density at radius 1 is 0.254 bits per heavy atom. The van der Waals surface area contributed by atoms with E-state index in [2.05, 4.69) is 6.92 Å². The number of hydrogen-bond donors (Lipinski definition) is 1. The van der Waals surface area contributed by atoms with Gasteiger partial charge in [0.1, 0.15) is 0 Å². The fourth-order valence-corrected chi connectivity index (χ4v) is 26.3. The smallest absolute Gasteiger partial charge is 0.0531 e. The molecule has 5 aliphatic rings. The molecule has 0 bridgehead atoms. The van der Waals surface area contributed by atoms with Gasteiger partial charge in [-0.25, -0.2) is 0 Å². The molecule has 306 valence electrons. The Bertz CT molecular complexity index is 6920. The third kappa shape index (κ3) is 1.53. The van der Waals surface area contributed by atoms with E-state index in [0.29, 0.717) is 6.04 Å². The zero-order chi connectivity index (χ0) is 42.4. The molecule has 1 nitrogen and oxygen atoms in total. The van der Waals surface area contributed by atoms with Crippen LogP contribution in [-0.4, -0.2) is 12.6 Å². The number of nitrogens with one attached hydrogen (secondary N) is 1. The van der Waals surface area contributed by atoms with Crippen molar-refractivity contribution >= 4 is 291 Å². The topological polar surface area (TPSA) is 12.0 Å². The number of benzene rings is 18. The van der Waals surface area contributed by atoms with E-state index in [1.54, 1.807) is 291 Å². The van der Waals surface area contributed by atoms with Crippen LogP contribution < -0.4 is 5.32 Å². The predicted molar refractivity (Wildman–Crippen MR) is 304 cm³/mol. The van der Waals surface area contributed by atoms with Gasteiger partial charge in [-0.3, -0.25) is 0 Å². The summed E-state index contributed by atoms with van der Waals surface area (Å²) in [4.78, 5) is 0. The Kier molecular flexibility index (Phi) is 2.54. The third-order valence-corrected chi connectivity index (χ3v) is 26.5. The first-order chi connectivity index (χ1) is 35.4. The number of hydrogen-bond acceptors (Lipinski definition) is 1. The Morgan fingerprint density at radius 3 is 0.690 bits per heavy atom. The van der Waals surface area contributed by atoms with E-state index in [9.17, 15) is 0 Å². The van der Waals surface area contributed by atoms with Crippen molar-refractivity contribution in [3.63, 3.8) is 0 Å². The summed E-state index contributed by atoms with van der Waals surface area (Å²) in [5.41, 5.74) is 7.03. The maximum Gasteiger partial charge on any atom is 0.0531 e. The average Bonchev–Trinajstić information content (AvgIpc) is 4.31. The Balaban J connectivity index is 1.10. The van der Waals surface area contributed by atoms with Crippen molar-refractivity contribution in [1.29, 1.82) is 0 Å². The predicted octanol–water partition coefficient (Wildman–Crippen LogP) is 19.0. The van der Waals surface area contributed by atoms with Gasteiger partial charge in [0.25, 0.3) is 0 Å². The van der Waals surface area contributed by atoms with Crippen molar-refractivity contribution in [3.05, 3.63) is 22.3 Å². The highest BCUT2D eigenvalue weighted by atomic mass is 15.0. The lowest BCUT2D eigenvalue weighted by Gasteiger charge is -2.52. The van der Waals surface area contributed by atoms with Crippen LogP contribution in [0.15, 0.2) is 0 Å². The minimum atomic E-state index is -0.151. The zero-order valence-electron chi connectivity index (χ0n) is 37.7. The number of rotatable bonds is 7. The minimum Gasteiger partial charge on any atom is -0.311 e. The minimum absolute atomic E-state index is 0.148. The highest BCUT2D eigenvalue weighted by Gasteiger charge is 2.74. The molecule has 0 amide bonds. The average molecular weight is 876 g/mol. The van der Waals surface area contributed by atoms with E-state index >= 15 is 0 Å². The first-order valence-corrected chi connectivity index (χ1v) is 27.9. The summed E-state index contributed by atoms with van der Waals surface area (Å²) in [6.45, 7) is 3.45. The Morgan fingerprint density at radius 2 is 0.451 bits per heavy atom. The summed E-state index contributed by atoms with van der Waals surface area (Å²) in [6, 6.07) is 0.393. The van der Waals surface area contributed by atoms with Crippen LogP contribution in [0.2, 0.25) is 0 Å². The van der Waals surface area contributed by atoms with E-state index in [0.717, 1.165) is 6.54 Å². The third-order valence-electron chi connectivity index (χ3n) is 26.5. The van der Waals surface area contributed by atoms with Gasteiger partial charge in [0.05, 0.1) is 10.8 Å². The van der Waals surface area contributed by atoms with Crippen molar-refractivity contribution in [2.45, 2.75) is 68.7 Å². The largest absolute Gasteiger partial charge is 0.311 e. The maximum absolute atomic E-state index is 4.74. The molecule has 28 aromatic carbocycles. The molecule has 4 aliphatic carbocycles. The fourth-order valence-electron chi connectivity index (χ4n) is 26.3. The molecule has 1 heteroatoms. The van der Waals surface area contributed by atoms with Crippen LogP contribution >= 0.6 is 0 Å². The second-order valence-electron chi connectivity index (χ2n) is 27.0. The second-order valence-corrected chi connectivity index (χ2v) is 27.0. The summed E-state index contributed by atoms with van der Waals surface area (Å²) >= 11 is 0. The van der Waals surface area contributed by atoms with Gasteiger partial charge in [0.2, 0.25) is 0 Å². The molecule has 0 aromatic heterocycles. The first-order valence-electron chi connectivity index (χ1n) is 27.9. The van der Waals surface area contributed by atoms with Gasteiger partial charge in [-0.2, -0.15) is 0 Å². The van der Waals surface area contributed by atoms with Crippen molar-refractivity contribution < 1.29 is 0 Å². The number of unbranched alkanes of at least 4 members (excludes halogenated alkanes) is 5. The van der Waals surface area contributed by atoms with Crippen LogP contribution in [0.1, 0.15) is 74.1 Å². The molecule has 1 aliphatic heterocycles. The molecule has 33 rings (SSSR count). The lowest BCUT2D eigenvalue weighted by molar-refractivity contribution is 0.334. The molecule has 1 heterocycles. The summed E-state index contributed by atoms with van der Waals surface area (Å²) < 4.78 is 0. The van der Waals surface area contributed by atoms with Gasteiger partial charge in [-0.1, -0.05) is 45.4 Å². The van der Waals surface area contributed by atoms with Crippen LogP contribution in [0.25, 0.3) is 291 Å². The molecule has 1 saturated heterocycles. The SMILES string of the molecule is CCCCCCCCC1NCC23c4c5c6c7c8c9c(c%10c%11c2c2c4c4c%12c5c5c6c6c8c8c%13c9c9c%10c%10c%11c%11c2c2c4c4c%12c%12c5c5c6c8c6c8c%13c9c9c%10c%10c%11c2c2c4c4c%12c5c6c5c8c9c%10c2c45)C713. The standard InChI is InChI=1S/C70H21N/c1-2-3-4-5-6-7-8-10-70-67-61-55-45-33-25-17-13-11-12-15-19(17)27(33)37-31-23(15)24-16(12)20-18-14(11)22-21(13)29-35(25)43-49-39(29)40-30(22)36-26(18)34-28(20)38-32(24)42-41(31)53(47(37)55)63(67)64-54(42)48(38)56-46(34)52-44(36)50(40)58-57(49)65(59(61)51(43)45)69(70,9-71-10)66(58)60(52)62(56)68(64)70/h10,71H,2-9H2,1H3. The first kappa shape index (κ1) is 27.7. The van der Waals surface area contributed by atoms with E-state index in [-0.39, 0.29) is 10.8 Å². The maximum atomic E-state index is 4.74. The Labute approximate surface area is 391 Å². The van der Waals surface area contributed by atoms with Gasteiger partial charge in [0, 0.05) is 12.6 Å². The normalized spacial score (nSPS) is 23.5. The molecule has 1 N–H and O–H groups in total. The fraction of sp³-hybridized carbons (Fsp3) is 0.171. The molecule has 1 unspecified atom stereocenters. The molecular formula is C70H21N. The molecule has 0 saturated carbocycles. The van der Waals surface area contributed by atoms with Crippen LogP contribution in [0.4, 0.5) is 0 Å². The van der Waals surface area contributed by atoms with Crippen LogP contribution in [0.3, 0.4) is 0 Å². The van der Waals surface area contributed by atoms with Crippen LogP contribution in [0, 0.1) is 0 Å².